The first-order valence-electron chi connectivity index (χ1n) is 5.55. The van der Waals surface area contributed by atoms with E-state index in [1.54, 1.807) is 6.07 Å². The van der Waals surface area contributed by atoms with E-state index >= 15 is 0 Å². The van der Waals surface area contributed by atoms with Crippen molar-refractivity contribution in [2.45, 2.75) is 25.9 Å². The van der Waals surface area contributed by atoms with Crippen molar-refractivity contribution in [2.24, 2.45) is 0 Å². The Balaban J connectivity index is 2.47. The van der Waals surface area contributed by atoms with Crippen LogP contribution in [0.1, 0.15) is 31.2 Å². The van der Waals surface area contributed by atoms with Gasteiger partial charge in [-0.15, -0.1) is 0 Å². The molecule has 5 nitrogen and oxygen atoms in total. The monoisotopic (exact) mass is 271 g/mol. The molecular weight excluding hydrogens is 259 g/mol. The maximum atomic E-state index is 12.6. The molecule has 0 bridgehead atoms. The van der Waals surface area contributed by atoms with Crippen LogP contribution < -0.4 is 5.73 Å². The SMILES string of the molecule is CC(C)c1ccn(-c2cc(C(F)(F)F)nc(N)n2)n1. The van der Waals surface area contributed by atoms with Crippen LogP contribution >= 0.6 is 0 Å². The number of hydrogen-bond donors (Lipinski definition) is 1. The molecule has 2 N–H and O–H groups in total. The van der Waals surface area contributed by atoms with Crippen molar-refractivity contribution >= 4 is 5.95 Å². The van der Waals surface area contributed by atoms with E-state index < -0.39 is 17.8 Å². The van der Waals surface area contributed by atoms with Crippen LogP contribution in [0.5, 0.6) is 0 Å². The number of nitrogens with zero attached hydrogens (tertiary/aromatic N) is 4. The summed E-state index contributed by atoms with van der Waals surface area (Å²) in [4.78, 5) is 6.93. The fourth-order valence-electron chi connectivity index (χ4n) is 1.49. The van der Waals surface area contributed by atoms with Gasteiger partial charge in [-0.1, -0.05) is 13.8 Å². The minimum Gasteiger partial charge on any atom is -0.368 e. The van der Waals surface area contributed by atoms with Gasteiger partial charge < -0.3 is 5.73 Å². The Morgan fingerprint density at radius 2 is 1.95 bits per heavy atom. The molecule has 0 amide bonds. The van der Waals surface area contributed by atoms with Crippen LogP contribution in [0, 0.1) is 0 Å². The van der Waals surface area contributed by atoms with Crippen LogP contribution in [-0.2, 0) is 6.18 Å². The molecule has 0 aliphatic carbocycles. The lowest BCUT2D eigenvalue weighted by Gasteiger charge is -2.08. The topological polar surface area (TPSA) is 69.6 Å². The Labute approximate surface area is 107 Å². The molecule has 0 spiro atoms. The first-order chi connectivity index (χ1) is 8.77. The molecule has 0 aliphatic rings. The Morgan fingerprint density at radius 3 is 2.47 bits per heavy atom. The Morgan fingerprint density at radius 1 is 1.26 bits per heavy atom. The summed E-state index contributed by atoms with van der Waals surface area (Å²) in [6.45, 7) is 3.87. The fraction of sp³-hybridized carbons (Fsp3) is 0.364. The lowest BCUT2D eigenvalue weighted by atomic mass is 10.1. The highest BCUT2D eigenvalue weighted by Gasteiger charge is 2.33. The molecular formula is C11H12F3N5. The van der Waals surface area contributed by atoms with E-state index in [0.717, 1.165) is 11.8 Å². The van der Waals surface area contributed by atoms with E-state index in [0.29, 0.717) is 0 Å². The molecule has 0 unspecified atom stereocenters. The van der Waals surface area contributed by atoms with Crippen molar-refractivity contribution in [3.05, 3.63) is 29.7 Å². The second-order valence-electron chi connectivity index (χ2n) is 4.31. The maximum absolute atomic E-state index is 12.6. The third-order valence-corrected chi connectivity index (χ3v) is 2.46. The number of alkyl halides is 3. The second kappa shape index (κ2) is 4.52. The average Bonchev–Trinajstić information content (AvgIpc) is 2.76. The van der Waals surface area contributed by atoms with Crippen molar-refractivity contribution in [3.8, 4) is 5.82 Å². The quantitative estimate of drug-likeness (QED) is 0.910. The Kier molecular flexibility index (Phi) is 3.17. The van der Waals surface area contributed by atoms with Gasteiger partial charge in [-0.3, -0.25) is 0 Å². The van der Waals surface area contributed by atoms with Gasteiger partial charge in [0.2, 0.25) is 5.95 Å². The summed E-state index contributed by atoms with van der Waals surface area (Å²) in [6, 6.07) is 2.53. The van der Waals surface area contributed by atoms with Gasteiger partial charge in [0.1, 0.15) is 0 Å². The summed E-state index contributed by atoms with van der Waals surface area (Å²) < 4.78 is 39.1. The number of anilines is 1. The molecule has 0 saturated heterocycles. The zero-order valence-electron chi connectivity index (χ0n) is 10.3. The lowest BCUT2D eigenvalue weighted by molar-refractivity contribution is -0.141. The van der Waals surface area contributed by atoms with Crippen LogP contribution in [0.25, 0.3) is 5.82 Å². The summed E-state index contributed by atoms with van der Waals surface area (Å²) in [6.07, 6.45) is -3.03. The van der Waals surface area contributed by atoms with Crippen molar-refractivity contribution in [2.75, 3.05) is 5.73 Å². The Bertz CT molecular complexity index is 588. The van der Waals surface area contributed by atoms with Gasteiger partial charge in [0.15, 0.2) is 11.5 Å². The summed E-state index contributed by atoms with van der Waals surface area (Å²) >= 11 is 0. The first kappa shape index (κ1) is 13.3. The number of hydrogen-bond acceptors (Lipinski definition) is 4. The molecule has 0 aromatic carbocycles. The fourth-order valence-corrected chi connectivity index (χ4v) is 1.49. The number of nitrogen functional groups attached to an aromatic ring is 1. The molecule has 0 saturated carbocycles. The van der Waals surface area contributed by atoms with E-state index in [9.17, 15) is 13.2 Å². The van der Waals surface area contributed by atoms with Gasteiger partial charge >= 0.3 is 6.18 Å². The molecule has 2 rings (SSSR count). The highest BCUT2D eigenvalue weighted by molar-refractivity contribution is 5.32. The Hall–Kier alpha value is -2.12. The van der Waals surface area contributed by atoms with E-state index in [2.05, 4.69) is 15.1 Å². The summed E-state index contributed by atoms with van der Waals surface area (Å²) in [5.74, 6) is -0.277. The third kappa shape index (κ3) is 2.83. The normalized spacial score (nSPS) is 12.1. The maximum Gasteiger partial charge on any atom is 0.433 e. The van der Waals surface area contributed by atoms with Gasteiger partial charge in [0, 0.05) is 12.3 Å². The van der Waals surface area contributed by atoms with E-state index in [1.807, 2.05) is 13.8 Å². The molecule has 19 heavy (non-hydrogen) atoms. The number of rotatable bonds is 2. The van der Waals surface area contributed by atoms with E-state index in [4.69, 9.17) is 5.73 Å². The highest BCUT2D eigenvalue weighted by Crippen LogP contribution is 2.28. The van der Waals surface area contributed by atoms with Gasteiger partial charge in [-0.05, 0) is 12.0 Å². The summed E-state index contributed by atoms with van der Waals surface area (Å²) in [5.41, 5.74) is 4.97. The molecule has 0 fully saturated rings. The standard InChI is InChI=1S/C11H12F3N5/c1-6(2)7-3-4-19(18-7)9-5-8(11(12,13)14)16-10(15)17-9/h3-6H,1-2H3,(H2,15,16,17). The predicted molar refractivity (Wildman–Crippen MR) is 62.7 cm³/mol. The molecule has 8 heteroatoms. The van der Waals surface area contributed by atoms with Crippen LogP contribution in [0.3, 0.4) is 0 Å². The molecule has 0 atom stereocenters. The molecule has 2 aromatic heterocycles. The van der Waals surface area contributed by atoms with Crippen LogP contribution in [-0.4, -0.2) is 19.7 Å². The zero-order valence-corrected chi connectivity index (χ0v) is 10.3. The second-order valence-corrected chi connectivity index (χ2v) is 4.31. The summed E-state index contributed by atoms with van der Waals surface area (Å²) in [7, 11) is 0. The van der Waals surface area contributed by atoms with Crippen molar-refractivity contribution in [1.82, 2.24) is 19.7 Å². The van der Waals surface area contributed by atoms with Crippen LogP contribution in [0.15, 0.2) is 18.3 Å². The van der Waals surface area contributed by atoms with Crippen molar-refractivity contribution in [1.29, 1.82) is 0 Å². The summed E-state index contributed by atoms with van der Waals surface area (Å²) in [5, 5.41) is 4.15. The molecule has 2 heterocycles. The van der Waals surface area contributed by atoms with Gasteiger partial charge in [-0.2, -0.15) is 23.3 Å². The van der Waals surface area contributed by atoms with Crippen LogP contribution in [0.4, 0.5) is 19.1 Å². The molecule has 0 radical (unpaired) electrons. The number of halogens is 3. The van der Waals surface area contributed by atoms with E-state index in [1.165, 1.54) is 10.9 Å². The van der Waals surface area contributed by atoms with Crippen molar-refractivity contribution in [3.63, 3.8) is 0 Å². The highest BCUT2D eigenvalue weighted by atomic mass is 19.4. The predicted octanol–water partition coefficient (Wildman–Crippen LogP) is 2.39. The average molecular weight is 271 g/mol. The van der Waals surface area contributed by atoms with Crippen molar-refractivity contribution < 1.29 is 13.2 Å². The first-order valence-corrected chi connectivity index (χ1v) is 5.55. The smallest absolute Gasteiger partial charge is 0.368 e. The minimum absolute atomic E-state index is 0.00766. The number of aromatic nitrogens is 4. The molecule has 2 aromatic rings. The van der Waals surface area contributed by atoms with Gasteiger partial charge in [0.25, 0.3) is 0 Å². The van der Waals surface area contributed by atoms with Gasteiger partial charge in [-0.25, -0.2) is 9.67 Å². The lowest BCUT2D eigenvalue weighted by Crippen LogP contribution is -2.13. The van der Waals surface area contributed by atoms with Gasteiger partial charge in [0.05, 0.1) is 5.69 Å². The molecule has 0 aliphatic heterocycles. The molecule has 102 valence electrons. The minimum atomic E-state index is -4.57. The van der Waals surface area contributed by atoms with E-state index in [-0.39, 0.29) is 11.7 Å². The zero-order chi connectivity index (χ0) is 14.2. The third-order valence-electron chi connectivity index (χ3n) is 2.46. The van der Waals surface area contributed by atoms with Crippen LogP contribution in [0.2, 0.25) is 0 Å². The number of nitrogens with two attached hydrogens (primary N) is 1. The largest absolute Gasteiger partial charge is 0.433 e.